The number of aliphatic hydroxyl groups is 1. The minimum atomic E-state index is -4.36. The molecule has 1 amide bonds. The number of rotatable bonds is 5. The van der Waals surface area contributed by atoms with Crippen molar-refractivity contribution in [3.05, 3.63) is 29.8 Å². The van der Waals surface area contributed by atoms with Crippen LogP contribution >= 0.6 is 0 Å². The lowest BCUT2D eigenvalue weighted by molar-refractivity contribution is -0.198. The Labute approximate surface area is 139 Å². The minimum Gasteiger partial charge on any atom is -0.497 e. The van der Waals surface area contributed by atoms with Crippen LogP contribution in [0, 0.1) is 11.8 Å². The van der Waals surface area contributed by atoms with Gasteiger partial charge in [0.05, 0.1) is 19.1 Å². The van der Waals surface area contributed by atoms with Crippen molar-refractivity contribution in [2.24, 2.45) is 11.8 Å². The van der Waals surface area contributed by atoms with Crippen LogP contribution in [-0.2, 0) is 4.79 Å². The summed E-state index contributed by atoms with van der Waals surface area (Å²) in [4.78, 5) is 12.1. The normalized spacial score (nSPS) is 22.7. The lowest BCUT2D eigenvalue weighted by Crippen LogP contribution is -2.43. The molecule has 0 unspecified atom stereocenters. The first kappa shape index (κ1) is 18.6. The first-order valence-electron chi connectivity index (χ1n) is 7.99. The van der Waals surface area contributed by atoms with Crippen LogP contribution < -0.4 is 10.1 Å². The molecule has 24 heavy (non-hydrogen) atoms. The molecule has 134 valence electrons. The molecular weight excluding hydrogens is 323 g/mol. The molecular formula is C17H22F3NO3. The van der Waals surface area contributed by atoms with E-state index in [9.17, 15) is 23.1 Å². The Morgan fingerprint density at radius 2 is 1.92 bits per heavy atom. The Balaban J connectivity index is 1.93. The molecule has 0 spiro atoms. The van der Waals surface area contributed by atoms with Crippen molar-refractivity contribution in [1.82, 2.24) is 5.32 Å². The first-order chi connectivity index (χ1) is 11.3. The number of ether oxygens (including phenoxy) is 1. The van der Waals surface area contributed by atoms with E-state index in [0.717, 1.165) is 0 Å². The van der Waals surface area contributed by atoms with Gasteiger partial charge in [-0.05, 0) is 30.5 Å². The fraction of sp³-hybridized carbons (Fsp3) is 0.588. The zero-order chi connectivity index (χ0) is 17.7. The third kappa shape index (κ3) is 4.63. The average molecular weight is 345 g/mol. The van der Waals surface area contributed by atoms with Crippen LogP contribution in [0.4, 0.5) is 13.2 Å². The van der Waals surface area contributed by atoms with Gasteiger partial charge in [-0.1, -0.05) is 25.0 Å². The van der Waals surface area contributed by atoms with Crippen molar-refractivity contribution in [1.29, 1.82) is 0 Å². The summed E-state index contributed by atoms with van der Waals surface area (Å²) in [6.07, 6.45) is -4.02. The summed E-state index contributed by atoms with van der Waals surface area (Å²) in [7, 11) is 1.52. The van der Waals surface area contributed by atoms with E-state index < -0.39 is 30.0 Å². The standard InChI is InChI=1S/C17H22F3NO3/c1-24-12-8-6-11(7-9-12)15(22)10-21-16(23)13-4-2-3-5-14(13)17(18,19)20/h6-9,13-15,22H,2-5,10H2,1H3,(H,21,23)/t13-,14+,15-/m1/s1. The summed E-state index contributed by atoms with van der Waals surface area (Å²) in [6, 6.07) is 6.63. The third-order valence-corrected chi connectivity index (χ3v) is 4.49. The number of methoxy groups -OCH3 is 1. The summed E-state index contributed by atoms with van der Waals surface area (Å²) in [5, 5.41) is 12.5. The SMILES string of the molecule is COc1ccc([C@H](O)CNC(=O)[C@@H]2CCCC[C@@H]2C(F)(F)F)cc1. The van der Waals surface area contributed by atoms with Gasteiger partial charge < -0.3 is 15.2 Å². The number of alkyl halides is 3. The van der Waals surface area contributed by atoms with Gasteiger partial charge in [-0.2, -0.15) is 13.2 Å². The van der Waals surface area contributed by atoms with Crippen molar-refractivity contribution in [3.63, 3.8) is 0 Å². The summed E-state index contributed by atoms with van der Waals surface area (Å²) in [6.45, 7) is -0.119. The maximum Gasteiger partial charge on any atom is 0.392 e. The van der Waals surface area contributed by atoms with Gasteiger partial charge in [-0.3, -0.25) is 4.79 Å². The number of aliphatic hydroxyl groups excluding tert-OH is 1. The highest BCUT2D eigenvalue weighted by molar-refractivity contribution is 5.79. The molecule has 2 N–H and O–H groups in total. The third-order valence-electron chi connectivity index (χ3n) is 4.49. The second kappa shape index (κ2) is 7.88. The lowest BCUT2D eigenvalue weighted by Gasteiger charge is -2.32. The summed E-state index contributed by atoms with van der Waals surface area (Å²) in [5.41, 5.74) is 0.562. The van der Waals surface area contributed by atoms with E-state index in [1.54, 1.807) is 24.3 Å². The summed E-state index contributed by atoms with van der Waals surface area (Å²) in [5.74, 6) is -2.67. The molecule has 1 aliphatic rings. The zero-order valence-corrected chi connectivity index (χ0v) is 13.5. The molecule has 0 radical (unpaired) electrons. The highest BCUT2D eigenvalue weighted by Gasteiger charge is 2.47. The van der Waals surface area contributed by atoms with Crippen LogP contribution in [0.1, 0.15) is 37.4 Å². The van der Waals surface area contributed by atoms with E-state index in [1.165, 1.54) is 7.11 Å². The molecule has 1 fully saturated rings. The molecule has 0 aromatic heterocycles. The molecule has 2 rings (SSSR count). The molecule has 0 heterocycles. The van der Waals surface area contributed by atoms with Gasteiger partial charge in [-0.25, -0.2) is 0 Å². The van der Waals surface area contributed by atoms with Gasteiger partial charge in [0, 0.05) is 12.5 Å². The Bertz CT molecular complexity index is 545. The first-order valence-corrected chi connectivity index (χ1v) is 7.99. The smallest absolute Gasteiger partial charge is 0.392 e. The number of carbonyl (C=O) groups is 1. The number of carbonyl (C=O) groups excluding carboxylic acids is 1. The number of amides is 1. The summed E-state index contributed by atoms with van der Waals surface area (Å²) >= 11 is 0. The van der Waals surface area contributed by atoms with E-state index in [4.69, 9.17) is 4.74 Å². The second-order valence-corrected chi connectivity index (χ2v) is 6.07. The predicted molar refractivity (Wildman–Crippen MR) is 82.5 cm³/mol. The quantitative estimate of drug-likeness (QED) is 0.861. The average Bonchev–Trinajstić information content (AvgIpc) is 2.58. The van der Waals surface area contributed by atoms with Crippen molar-refractivity contribution < 1.29 is 27.8 Å². The molecule has 0 aliphatic heterocycles. The lowest BCUT2D eigenvalue weighted by atomic mass is 9.78. The topological polar surface area (TPSA) is 58.6 Å². The number of halogens is 3. The Hall–Kier alpha value is -1.76. The van der Waals surface area contributed by atoms with E-state index in [2.05, 4.69) is 5.32 Å². The molecule has 1 aliphatic carbocycles. The Morgan fingerprint density at radius 1 is 1.29 bits per heavy atom. The Kier molecular flexibility index (Phi) is 6.10. The van der Waals surface area contributed by atoms with E-state index in [-0.39, 0.29) is 19.4 Å². The zero-order valence-electron chi connectivity index (χ0n) is 13.5. The predicted octanol–water partition coefficient (Wildman–Crippen LogP) is 3.21. The van der Waals surface area contributed by atoms with Crippen molar-refractivity contribution in [2.75, 3.05) is 13.7 Å². The van der Waals surface area contributed by atoms with Crippen LogP contribution in [0.15, 0.2) is 24.3 Å². The molecule has 0 bridgehead atoms. The van der Waals surface area contributed by atoms with E-state index in [1.807, 2.05) is 0 Å². The number of hydrogen-bond acceptors (Lipinski definition) is 3. The fourth-order valence-electron chi connectivity index (χ4n) is 3.11. The molecule has 0 saturated heterocycles. The largest absolute Gasteiger partial charge is 0.497 e. The van der Waals surface area contributed by atoms with Crippen LogP contribution in [0.3, 0.4) is 0 Å². The molecule has 3 atom stereocenters. The highest BCUT2D eigenvalue weighted by Crippen LogP contribution is 2.41. The van der Waals surface area contributed by atoms with E-state index >= 15 is 0 Å². The van der Waals surface area contributed by atoms with E-state index in [0.29, 0.717) is 24.2 Å². The van der Waals surface area contributed by atoms with Crippen LogP contribution in [-0.4, -0.2) is 30.8 Å². The molecule has 4 nitrogen and oxygen atoms in total. The van der Waals surface area contributed by atoms with Crippen LogP contribution in [0.25, 0.3) is 0 Å². The van der Waals surface area contributed by atoms with Gasteiger partial charge in [-0.15, -0.1) is 0 Å². The second-order valence-electron chi connectivity index (χ2n) is 6.07. The fourth-order valence-corrected chi connectivity index (χ4v) is 3.11. The van der Waals surface area contributed by atoms with Gasteiger partial charge in [0.2, 0.25) is 5.91 Å². The molecule has 1 aromatic rings. The Morgan fingerprint density at radius 3 is 2.50 bits per heavy atom. The minimum absolute atomic E-state index is 0.0113. The van der Waals surface area contributed by atoms with Crippen LogP contribution in [0.5, 0.6) is 5.75 Å². The highest BCUT2D eigenvalue weighted by atomic mass is 19.4. The number of nitrogens with one attached hydrogen (secondary N) is 1. The summed E-state index contributed by atoms with van der Waals surface area (Å²) < 4.78 is 44.1. The van der Waals surface area contributed by atoms with Crippen molar-refractivity contribution in [2.45, 2.75) is 38.0 Å². The molecule has 1 aromatic carbocycles. The van der Waals surface area contributed by atoms with Gasteiger partial charge in [0.25, 0.3) is 0 Å². The van der Waals surface area contributed by atoms with Crippen molar-refractivity contribution >= 4 is 5.91 Å². The number of hydrogen-bond donors (Lipinski definition) is 2. The molecule has 7 heteroatoms. The number of benzene rings is 1. The van der Waals surface area contributed by atoms with Gasteiger partial charge >= 0.3 is 6.18 Å². The maximum atomic E-state index is 13.0. The maximum absolute atomic E-state index is 13.0. The van der Waals surface area contributed by atoms with Gasteiger partial charge in [0.1, 0.15) is 5.75 Å². The molecule has 1 saturated carbocycles. The van der Waals surface area contributed by atoms with Crippen LogP contribution in [0.2, 0.25) is 0 Å². The monoisotopic (exact) mass is 345 g/mol. The van der Waals surface area contributed by atoms with Crippen molar-refractivity contribution in [3.8, 4) is 5.75 Å². The van der Waals surface area contributed by atoms with Gasteiger partial charge in [0.15, 0.2) is 0 Å².